The van der Waals surface area contributed by atoms with Gasteiger partial charge in [-0.05, 0) is 31.2 Å². The Kier molecular flexibility index (Phi) is 6.05. The molecule has 0 aliphatic heterocycles. The number of ether oxygens (including phenoxy) is 1. The second-order valence-electron chi connectivity index (χ2n) is 5.03. The first kappa shape index (κ1) is 17.9. The molecule has 0 fully saturated rings. The molecule has 2 rings (SSSR count). The molecule has 0 atom stereocenters. The number of nitro groups is 1. The Morgan fingerprint density at radius 3 is 2.64 bits per heavy atom. The van der Waals surface area contributed by atoms with Crippen LogP contribution in [-0.2, 0) is 4.79 Å². The van der Waals surface area contributed by atoms with Crippen molar-refractivity contribution in [3.8, 4) is 5.75 Å². The molecular formula is C17H17N3O5. The second kappa shape index (κ2) is 8.44. The number of amides is 2. The minimum absolute atomic E-state index is 0.118. The Hall–Kier alpha value is -3.42. The van der Waals surface area contributed by atoms with Crippen LogP contribution in [0.1, 0.15) is 17.3 Å². The highest BCUT2D eigenvalue weighted by Gasteiger charge is 2.10. The predicted molar refractivity (Wildman–Crippen MR) is 91.7 cm³/mol. The molecule has 0 heterocycles. The van der Waals surface area contributed by atoms with Crippen LogP contribution < -0.4 is 15.4 Å². The van der Waals surface area contributed by atoms with E-state index in [1.54, 1.807) is 24.3 Å². The van der Waals surface area contributed by atoms with Gasteiger partial charge in [0.25, 0.3) is 17.5 Å². The van der Waals surface area contributed by atoms with Crippen molar-refractivity contribution < 1.29 is 19.2 Å². The molecule has 2 N–H and O–H groups in total. The standard InChI is InChI=1S/C17H17N3O5/c1-2-18-17(22)12-5-3-6-13(9-12)19-16(21)11-25-15-8-4-7-14(10-15)20(23)24/h3-10H,2,11H2,1H3,(H,18,22)(H,19,21). The van der Waals surface area contributed by atoms with E-state index in [-0.39, 0.29) is 24.0 Å². The van der Waals surface area contributed by atoms with E-state index in [2.05, 4.69) is 10.6 Å². The molecule has 8 heteroatoms. The van der Waals surface area contributed by atoms with Crippen LogP contribution in [0.3, 0.4) is 0 Å². The van der Waals surface area contributed by atoms with Crippen molar-refractivity contribution in [3.63, 3.8) is 0 Å². The number of hydrogen-bond donors (Lipinski definition) is 2. The van der Waals surface area contributed by atoms with Crippen molar-refractivity contribution in [2.45, 2.75) is 6.92 Å². The molecule has 8 nitrogen and oxygen atoms in total. The molecule has 0 aliphatic rings. The first-order valence-electron chi connectivity index (χ1n) is 7.55. The lowest BCUT2D eigenvalue weighted by molar-refractivity contribution is -0.384. The van der Waals surface area contributed by atoms with Crippen molar-refractivity contribution in [1.29, 1.82) is 0 Å². The molecular weight excluding hydrogens is 326 g/mol. The molecule has 25 heavy (non-hydrogen) atoms. The summed E-state index contributed by atoms with van der Waals surface area (Å²) in [7, 11) is 0. The lowest BCUT2D eigenvalue weighted by atomic mass is 10.2. The quantitative estimate of drug-likeness (QED) is 0.592. The monoisotopic (exact) mass is 343 g/mol. The number of carbonyl (C=O) groups is 2. The van der Waals surface area contributed by atoms with Crippen LogP contribution in [0, 0.1) is 10.1 Å². The molecule has 130 valence electrons. The van der Waals surface area contributed by atoms with E-state index in [1.807, 2.05) is 6.92 Å². The van der Waals surface area contributed by atoms with E-state index in [0.29, 0.717) is 17.8 Å². The van der Waals surface area contributed by atoms with Crippen LogP contribution in [0.25, 0.3) is 0 Å². The van der Waals surface area contributed by atoms with Crippen molar-refractivity contribution in [3.05, 3.63) is 64.2 Å². The molecule has 0 aliphatic carbocycles. The van der Waals surface area contributed by atoms with Gasteiger partial charge in [-0.1, -0.05) is 12.1 Å². The van der Waals surface area contributed by atoms with Gasteiger partial charge in [0.15, 0.2) is 6.61 Å². The molecule has 0 saturated heterocycles. The van der Waals surface area contributed by atoms with Gasteiger partial charge in [-0.15, -0.1) is 0 Å². The Morgan fingerprint density at radius 2 is 1.92 bits per heavy atom. The van der Waals surface area contributed by atoms with Gasteiger partial charge in [-0.25, -0.2) is 0 Å². The summed E-state index contributed by atoms with van der Waals surface area (Å²) in [6, 6.07) is 12.1. The maximum Gasteiger partial charge on any atom is 0.273 e. The minimum Gasteiger partial charge on any atom is -0.484 e. The number of carbonyl (C=O) groups excluding carboxylic acids is 2. The van der Waals surface area contributed by atoms with E-state index in [9.17, 15) is 19.7 Å². The average Bonchev–Trinajstić information content (AvgIpc) is 2.60. The zero-order valence-electron chi connectivity index (χ0n) is 13.5. The fourth-order valence-electron chi connectivity index (χ4n) is 2.03. The number of nitro benzene ring substituents is 1. The highest BCUT2D eigenvalue weighted by molar-refractivity contribution is 5.97. The number of nitrogens with zero attached hydrogens (tertiary/aromatic N) is 1. The maximum atomic E-state index is 11.9. The number of nitrogens with one attached hydrogen (secondary N) is 2. The van der Waals surface area contributed by atoms with Crippen LogP contribution in [0.15, 0.2) is 48.5 Å². The minimum atomic E-state index is -0.542. The molecule has 2 aromatic carbocycles. The summed E-state index contributed by atoms with van der Waals surface area (Å²) < 4.78 is 5.25. The SMILES string of the molecule is CCNC(=O)c1cccc(NC(=O)COc2cccc([N+](=O)[O-])c2)c1. The van der Waals surface area contributed by atoms with Crippen LogP contribution in [0.2, 0.25) is 0 Å². The van der Waals surface area contributed by atoms with Gasteiger partial charge in [0.05, 0.1) is 11.0 Å². The third kappa shape index (κ3) is 5.31. The van der Waals surface area contributed by atoms with Crippen molar-refractivity contribution in [1.82, 2.24) is 5.32 Å². The van der Waals surface area contributed by atoms with E-state index in [1.165, 1.54) is 24.3 Å². The van der Waals surface area contributed by atoms with E-state index < -0.39 is 10.8 Å². The fraction of sp³-hybridized carbons (Fsp3) is 0.176. The van der Waals surface area contributed by atoms with Gasteiger partial charge < -0.3 is 15.4 Å². The highest BCUT2D eigenvalue weighted by atomic mass is 16.6. The number of hydrogen-bond acceptors (Lipinski definition) is 5. The van der Waals surface area contributed by atoms with E-state index >= 15 is 0 Å². The van der Waals surface area contributed by atoms with Crippen molar-refractivity contribution >= 4 is 23.2 Å². The van der Waals surface area contributed by atoms with Crippen LogP contribution in [-0.4, -0.2) is 29.9 Å². The number of anilines is 1. The van der Waals surface area contributed by atoms with Crippen LogP contribution in [0.4, 0.5) is 11.4 Å². The predicted octanol–water partition coefficient (Wildman–Crippen LogP) is 2.36. The normalized spacial score (nSPS) is 9.96. The Morgan fingerprint density at radius 1 is 1.16 bits per heavy atom. The van der Waals surface area contributed by atoms with Crippen LogP contribution >= 0.6 is 0 Å². The largest absolute Gasteiger partial charge is 0.484 e. The number of rotatable bonds is 7. The smallest absolute Gasteiger partial charge is 0.273 e. The number of benzene rings is 2. The summed E-state index contributed by atoms with van der Waals surface area (Å²) in [6.45, 7) is 2.01. The molecule has 0 spiro atoms. The zero-order valence-corrected chi connectivity index (χ0v) is 13.5. The molecule has 0 unspecified atom stereocenters. The Labute approximate surface area is 144 Å². The summed E-state index contributed by atoms with van der Waals surface area (Å²) in [5, 5.41) is 16.0. The molecule has 0 bridgehead atoms. The third-order valence-corrected chi connectivity index (χ3v) is 3.14. The van der Waals surface area contributed by atoms with Gasteiger partial charge in [0, 0.05) is 23.9 Å². The van der Waals surface area contributed by atoms with Gasteiger partial charge in [-0.2, -0.15) is 0 Å². The molecule has 0 aromatic heterocycles. The third-order valence-electron chi connectivity index (χ3n) is 3.14. The summed E-state index contributed by atoms with van der Waals surface area (Å²) in [5.41, 5.74) is 0.767. The zero-order chi connectivity index (χ0) is 18.2. The van der Waals surface area contributed by atoms with Gasteiger partial charge in [-0.3, -0.25) is 19.7 Å². The summed E-state index contributed by atoms with van der Waals surface area (Å²) in [6.07, 6.45) is 0. The van der Waals surface area contributed by atoms with Crippen LogP contribution in [0.5, 0.6) is 5.75 Å². The summed E-state index contributed by atoms with van der Waals surface area (Å²) in [5.74, 6) is -0.452. The second-order valence-corrected chi connectivity index (χ2v) is 5.03. The topological polar surface area (TPSA) is 111 Å². The first-order chi connectivity index (χ1) is 12.0. The molecule has 2 amide bonds. The van der Waals surface area contributed by atoms with Gasteiger partial charge in [0.2, 0.25) is 0 Å². The summed E-state index contributed by atoms with van der Waals surface area (Å²) in [4.78, 5) is 33.9. The summed E-state index contributed by atoms with van der Waals surface area (Å²) >= 11 is 0. The fourth-order valence-corrected chi connectivity index (χ4v) is 2.03. The molecule has 2 aromatic rings. The average molecular weight is 343 g/mol. The first-order valence-corrected chi connectivity index (χ1v) is 7.55. The van der Waals surface area contributed by atoms with Crippen molar-refractivity contribution in [2.24, 2.45) is 0 Å². The lowest BCUT2D eigenvalue weighted by Crippen LogP contribution is -2.23. The van der Waals surface area contributed by atoms with E-state index in [4.69, 9.17) is 4.74 Å². The highest BCUT2D eigenvalue weighted by Crippen LogP contribution is 2.19. The van der Waals surface area contributed by atoms with Gasteiger partial charge >= 0.3 is 0 Å². The Bertz CT molecular complexity index is 791. The lowest BCUT2D eigenvalue weighted by Gasteiger charge is -2.09. The maximum absolute atomic E-state index is 11.9. The number of non-ortho nitro benzene ring substituents is 1. The Balaban J connectivity index is 1.94. The molecule has 0 saturated carbocycles. The van der Waals surface area contributed by atoms with Gasteiger partial charge in [0.1, 0.15) is 5.75 Å². The van der Waals surface area contributed by atoms with E-state index in [0.717, 1.165) is 0 Å². The molecule has 0 radical (unpaired) electrons. The van der Waals surface area contributed by atoms with Crippen molar-refractivity contribution in [2.75, 3.05) is 18.5 Å².